The van der Waals surface area contributed by atoms with E-state index in [-0.39, 0.29) is 31.9 Å². The number of nitrogens with zero attached hydrogens (tertiary/aromatic N) is 4. The third-order valence-corrected chi connectivity index (χ3v) is 10.8. The predicted octanol–water partition coefficient (Wildman–Crippen LogP) is 13.5. The van der Waals surface area contributed by atoms with Gasteiger partial charge in [0.25, 0.3) is 0 Å². The molecule has 0 saturated carbocycles. The van der Waals surface area contributed by atoms with E-state index in [0.29, 0.717) is 11.5 Å². The molecule has 0 amide bonds. The Balaban J connectivity index is 0.00000422. The molecule has 286 valence electrons. The summed E-state index contributed by atoms with van der Waals surface area (Å²) in [6.07, 6.45) is 1.89. The molecule has 10 rings (SSSR count). The zero-order valence-electron chi connectivity index (χ0n) is 32.7. The van der Waals surface area contributed by atoms with Crippen molar-refractivity contribution in [1.29, 1.82) is 0 Å². The maximum absolute atomic E-state index is 6.67. The smallest absolute Gasteiger partial charge is 0.136 e. The van der Waals surface area contributed by atoms with Crippen molar-refractivity contribution in [3.63, 3.8) is 0 Å². The minimum absolute atomic E-state index is 0. The molecule has 4 heterocycles. The normalized spacial score (nSPS) is 13.2. The van der Waals surface area contributed by atoms with Crippen LogP contribution in [0.2, 0.25) is 0 Å². The van der Waals surface area contributed by atoms with Crippen LogP contribution in [0.25, 0.3) is 49.6 Å². The molecule has 6 aromatic carbocycles. The molecule has 1 aliphatic heterocycles. The van der Waals surface area contributed by atoms with E-state index in [1.807, 2.05) is 24.4 Å². The maximum Gasteiger partial charge on any atom is 0.136 e. The molecule has 0 unspecified atom stereocenters. The van der Waals surface area contributed by atoms with Gasteiger partial charge in [0.05, 0.1) is 10.9 Å². The van der Waals surface area contributed by atoms with Crippen molar-refractivity contribution < 1.29 is 30.2 Å². The second kappa shape index (κ2) is 13.7. The molecule has 0 spiro atoms. The summed E-state index contributed by atoms with van der Waals surface area (Å²) in [6.45, 7) is 15.6. The number of benzene rings is 6. The van der Waals surface area contributed by atoms with Gasteiger partial charge in [-0.2, -0.15) is 12.1 Å². The van der Waals surface area contributed by atoms with Crippen LogP contribution in [0.1, 0.15) is 52.7 Å². The van der Waals surface area contributed by atoms with E-state index in [9.17, 15) is 0 Å². The van der Waals surface area contributed by atoms with Crippen LogP contribution in [-0.2, 0) is 31.9 Å². The van der Waals surface area contributed by atoms with Gasteiger partial charge in [0, 0.05) is 55.8 Å². The van der Waals surface area contributed by atoms with E-state index in [4.69, 9.17) is 14.1 Å². The van der Waals surface area contributed by atoms with E-state index in [0.717, 1.165) is 72.3 Å². The van der Waals surface area contributed by atoms with Crippen molar-refractivity contribution in [1.82, 2.24) is 9.55 Å². The van der Waals surface area contributed by atoms with Gasteiger partial charge in [-0.3, -0.25) is 0 Å². The van der Waals surface area contributed by atoms with Crippen LogP contribution in [0.3, 0.4) is 0 Å². The molecule has 57 heavy (non-hydrogen) atoms. The summed E-state index contributed by atoms with van der Waals surface area (Å²) in [6, 6.07) is 51.3. The van der Waals surface area contributed by atoms with Crippen LogP contribution < -0.4 is 14.5 Å². The molecule has 0 N–H and O–H groups in total. The first-order valence-corrected chi connectivity index (χ1v) is 19.1. The Labute approximate surface area is 347 Å². The Kier molecular flexibility index (Phi) is 8.82. The largest absolute Gasteiger partial charge is 0.509 e. The van der Waals surface area contributed by atoms with E-state index in [1.54, 1.807) is 0 Å². The van der Waals surface area contributed by atoms with Crippen LogP contribution in [0.15, 0.2) is 138 Å². The van der Waals surface area contributed by atoms with E-state index in [1.165, 1.54) is 11.1 Å². The zero-order chi connectivity index (χ0) is 38.3. The SMILES string of the molecule is CC(C)(C)c1ccnc(-n2c3[c-]c(Oc4[c-]c(N5[CH-]N(c6ccccc6C(C)(C)C)c6ccccc65)ccc4)ccc3c3oc4ccc5ccccc5c4c32)c1.[Pt]. The number of furan rings is 1. The summed E-state index contributed by atoms with van der Waals surface area (Å²) in [5, 5.41) is 4.27. The van der Waals surface area contributed by atoms with Gasteiger partial charge in [-0.1, -0.05) is 113 Å². The van der Waals surface area contributed by atoms with Crippen molar-refractivity contribution in [2.24, 2.45) is 0 Å². The van der Waals surface area contributed by atoms with Crippen LogP contribution in [0.4, 0.5) is 22.7 Å². The summed E-state index contributed by atoms with van der Waals surface area (Å²) in [5.41, 5.74) is 10.0. The van der Waals surface area contributed by atoms with Gasteiger partial charge in [-0.15, -0.1) is 42.7 Å². The Morgan fingerprint density at radius 2 is 1.37 bits per heavy atom. The van der Waals surface area contributed by atoms with Gasteiger partial charge in [0.2, 0.25) is 0 Å². The Morgan fingerprint density at radius 1 is 0.649 bits per heavy atom. The molecule has 0 fully saturated rings. The minimum atomic E-state index is -0.0654. The fourth-order valence-corrected chi connectivity index (χ4v) is 8.05. The Hall–Kier alpha value is -5.84. The first-order valence-electron chi connectivity index (χ1n) is 19.1. The number of rotatable bonds is 5. The Morgan fingerprint density at radius 3 is 2.16 bits per heavy atom. The number of aromatic nitrogens is 2. The van der Waals surface area contributed by atoms with Crippen LogP contribution in [-0.4, -0.2) is 9.55 Å². The van der Waals surface area contributed by atoms with E-state index in [2.05, 4.69) is 184 Å². The number of hydrogen-bond donors (Lipinski definition) is 0. The zero-order valence-corrected chi connectivity index (χ0v) is 35.0. The fourth-order valence-electron chi connectivity index (χ4n) is 8.05. The summed E-state index contributed by atoms with van der Waals surface area (Å²) in [4.78, 5) is 9.39. The van der Waals surface area contributed by atoms with Gasteiger partial charge in [0.1, 0.15) is 17.0 Å². The maximum atomic E-state index is 6.67. The third-order valence-electron chi connectivity index (χ3n) is 10.8. The second-order valence-electron chi connectivity index (χ2n) is 16.6. The Bertz CT molecular complexity index is 2980. The van der Waals surface area contributed by atoms with Crippen molar-refractivity contribution in [2.45, 2.75) is 52.4 Å². The molecule has 0 bridgehead atoms. The number of fused-ring (bicyclic) bond motifs is 8. The fraction of sp³-hybridized carbons (Fsp3) is 0.160. The number of para-hydroxylation sites is 3. The van der Waals surface area contributed by atoms with Gasteiger partial charge in [-0.05, 0) is 69.1 Å². The topological polar surface area (TPSA) is 46.7 Å². The van der Waals surface area contributed by atoms with Crippen LogP contribution in [0.5, 0.6) is 11.5 Å². The van der Waals surface area contributed by atoms with Gasteiger partial charge >= 0.3 is 0 Å². The molecule has 0 atom stereocenters. The van der Waals surface area contributed by atoms with Gasteiger partial charge in [0.15, 0.2) is 0 Å². The average molecular weight is 925 g/mol. The molecular formula is C50H41N4O2Pt-3. The summed E-state index contributed by atoms with van der Waals surface area (Å²) in [5.74, 6) is 1.96. The van der Waals surface area contributed by atoms with Crippen LogP contribution >= 0.6 is 0 Å². The molecule has 9 aromatic rings. The van der Waals surface area contributed by atoms with Crippen molar-refractivity contribution in [3.8, 4) is 17.3 Å². The van der Waals surface area contributed by atoms with Crippen molar-refractivity contribution in [2.75, 3.05) is 9.80 Å². The summed E-state index contributed by atoms with van der Waals surface area (Å²) >= 11 is 0. The predicted molar refractivity (Wildman–Crippen MR) is 229 cm³/mol. The first-order chi connectivity index (χ1) is 27.0. The standard InChI is InChI=1S/C50H41N4O2.Pt/c1-49(2,3)33-26-27-51-45(28-33)54-43-30-36(23-24-38(43)48-47(54)46-37-17-8-7-14-32(37)22-25-44(46)56-48)55-35-16-13-15-34(29-35)52-31-53(42-21-12-11-20-41(42)52)40-19-10-9-18-39(40)50(4,5)6;/h7-28,31H,1-6H3;/q-3;. The molecular weight excluding hydrogens is 884 g/mol. The second-order valence-corrected chi connectivity index (χ2v) is 16.6. The number of anilines is 4. The number of hydrogen-bond acceptors (Lipinski definition) is 5. The van der Waals surface area contributed by atoms with Gasteiger partial charge in [-0.25, -0.2) is 4.98 Å². The summed E-state index contributed by atoms with van der Waals surface area (Å²) < 4.78 is 15.5. The molecule has 6 nitrogen and oxygen atoms in total. The minimum Gasteiger partial charge on any atom is -0.509 e. The summed E-state index contributed by atoms with van der Waals surface area (Å²) in [7, 11) is 0. The molecule has 0 radical (unpaired) electrons. The quantitative estimate of drug-likeness (QED) is 0.161. The third kappa shape index (κ3) is 6.18. The number of ether oxygens (including phenoxy) is 1. The number of pyridine rings is 1. The average Bonchev–Trinajstić information content (AvgIpc) is 3.86. The molecule has 3 aromatic heterocycles. The first kappa shape index (κ1) is 36.8. The molecule has 1 aliphatic rings. The van der Waals surface area contributed by atoms with Crippen molar-refractivity contribution >= 4 is 66.5 Å². The van der Waals surface area contributed by atoms with E-state index >= 15 is 0 Å². The monoisotopic (exact) mass is 924 g/mol. The molecule has 0 saturated heterocycles. The van der Waals surface area contributed by atoms with Gasteiger partial charge < -0.3 is 23.5 Å². The molecule has 7 heteroatoms. The molecule has 0 aliphatic carbocycles. The van der Waals surface area contributed by atoms with Crippen molar-refractivity contribution in [3.05, 3.63) is 164 Å². The van der Waals surface area contributed by atoms with Crippen LogP contribution in [0, 0.1) is 18.8 Å². The van der Waals surface area contributed by atoms with E-state index < -0.39 is 0 Å².